The SMILES string of the molecule is COCCCn1cccc(C(=O)N2CCCC(C(=O)NC(C)C)C2)c1=O. The van der Waals surface area contributed by atoms with E-state index in [2.05, 4.69) is 5.32 Å². The highest BCUT2D eigenvalue weighted by Crippen LogP contribution is 2.18. The Kier molecular flexibility index (Phi) is 7.38. The molecule has 7 heteroatoms. The number of pyridine rings is 1. The highest BCUT2D eigenvalue weighted by Gasteiger charge is 2.30. The Balaban J connectivity index is 2.09. The summed E-state index contributed by atoms with van der Waals surface area (Å²) >= 11 is 0. The number of ether oxygens (including phenoxy) is 1. The monoisotopic (exact) mass is 363 g/mol. The molecule has 0 radical (unpaired) electrons. The fourth-order valence-corrected chi connectivity index (χ4v) is 3.20. The summed E-state index contributed by atoms with van der Waals surface area (Å²) in [6.07, 6.45) is 3.91. The summed E-state index contributed by atoms with van der Waals surface area (Å²) in [5.41, 5.74) is -0.128. The molecule has 1 aliphatic heterocycles. The Morgan fingerprint density at radius 2 is 2.15 bits per heavy atom. The van der Waals surface area contributed by atoms with Crippen LogP contribution in [0.25, 0.3) is 0 Å². The van der Waals surface area contributed by atoms with E-state index in [9.17, 15) is 14.4 Å². The Labute approximate surface area is 154 Å². The molecule has 2 heterocycles. The topological polar surface area (TPSA) is 80.6 Å². The molecule has 1 unspecified atom stereocenters. The van der Waals surface area contributed by atoms with E-state index in [1.165, 1.54) is 0 Å². The van der Waals surface area contributed by atoms with Crippen LogP contribution in [0.1, 0.15) is 43.5 Å². The van der Waals surface area contributed by atoms with E-state index in [-0.39, 0.29) is 34.9 Å². The van der Waals surface area contributed by atoms with Crippen LogP contribution in [-0.2, 0) is 16.1 Å². The van der Waals surface area contributed by atoms with Crippen LogP contribution in [0.3, 0.4) is 0 Å². The molecule has 7 nitrogen and oxygen atoms in total. The zero-order valence-electron chi connectivity index (χ0n) is 15.9. The van der Waals surface area contributed by atoms with Gasteiger partial charge in [0.2, 0.25) is 5.91 Å². The molecule has 0 aromatic carbocycles. The van der Waals surface area contributed by atoms with E-state index in [1.807, 2.05) is 13.8 Å². The molecule has 1 atom stereocenters. The van der Waals surface area contributed by atoms with E-state index in [1.54, 1.807) is 34.9 Å². The molecule has 1 saturated heterocycles. The highest BCUT2D eigenvalue weighted by molar-refractivity contribution is 5.94. The Morgan fingerprint density at radius 1 is 1.38 bits per heavy atom. The minimum Gasteiger partial charge on any atom is -0.385 e. The third kappa shape index (κ3) is 5.17. The average molecular weight is 363 g/mol. The van der Waals surface area contributed by atoms with Crippen molar-refractivity contribution in [2.24, 2.45) is 5.92 Å². The van der Waals surface area contributed by atoms with Crippen LogP contribution in [0.4, 0.5) is 0 Å². The van der Waals surface area contributed by atoms with Crippen LogP contribution in [0.15, 0.2) is 23.1 Å². The molecule has 144 valence electrons. The van der Waals surface area contributed by atoms with E-state index in [0.29, 0.717) is 32.7 Å². The van der Waals surface area contributed by atoms with Crippen LogP contribution in [-0.4, -0.2) is 54.1 Å². The maximum absolute atomic E-state index is 12.8. The predicted octanol–water partition coefficient (Wildman–Crippen LogP) is 1.26. The van der Waals surface area contributed by atoms with Gasteiger partial charge in [-0.1, -0.05) is 0 Å². The van der Waals surface area contributed by atoms with Gasteiger partial charge in [0.1, 0.15) is 5.56 Å². The zero-order chi connectivity index (χ0) is 19.1. The molecule has 0 bridgehead atoms. The first-order valence-corrected chi connectivity index (χ1v) is 9.22. The number of nitrogens with one attached hydrogen (secondary N) is 1. The third-order valence-electron chi connectivity index (χ3n) is 4.51. The summed E-state index contributed by atoms with van der Waals surface area (Å²) in [5.74, 6) is -0.539. The van der Waals surface area contributed by atoms with E-state index >= 15 is 0 Å². The third-order valence-corrected chi connectivity index (χ3v) is 4.51. The van der Waals surface area contributed by atoms with Gasteiger partial charge in [-0.05, 0) is 45.2 Å². The van der Waals surface area contributed by atoms with Crippen molar-refractivity contribution in [3.8, 4) is 0 Å². The number of carbonyl (C=O) groups is 2. The summed E-state index contributed by atoms with van der Waals surface area (Å²) in [6, 6.07) is 3.35. The molecule has 0 aliphatic carbocycles. The smallest absolute Gasteiger partial charge is 0.263 e. The molecule has 0 saturated carbocycles. The van der Waals surface area contributed by atoms with E-state index in [0.717, 1.165) is 12.8 Å². The first-order valence-electron chi connectivity index (χ1n) is 9.22. The van der Waals surface area contributed by atoms with Gasteiger partial charge in [-0.3, -0.25) is 14.4 Å². The Morgan fingerprint density at radius 3 is 2.85 bits per heavy atom. The Hall–Kier alpha value is -2.15. The second kappa shape index (κ2) is 9.52. The normalized spacial score (nSPS) is 17.4. The molecule has 1 aromatic heterocycles. The molecule has 2 amide bonds. The number of hydrogen-bond donors (Lipinski definition) is 1. The van der Waals surface area contributed by atoms with Crippen LogP contribution < -0.4 is 10.9 Å². The first-order chi connectivity index (χ1) is 12.4. The number of likely N-dealkylation sites (tertiary alicyclic amines) is 1. The molecule has 26 heavy (non-hydrogen) atoms. The average Bonchev–Trinajstić information content (AvgIpc) is 2.62. The molecule has 1 fully saturated rings. The lowest BCUT2D eigenvalue weighted by atomic mass is 9.96. The maximum Gasteiger partial charge on any atom is 0.263 e. The summed E-state index contributed by atoms with van der Waals surface area (Å²) in [7, 11) is 1.62. The van der Waals surface area contributed by atoms with E-state index < -0.39 is 0 Å². The van der Waals surface area contributed by atoms with Crippen molar-refractivity contribution < 1.29 is 14.3 Å². The van der Waals surface area contributed by atoms with Crippen molar-refractivity contribution in [2.75, 3.05) is 26.8 Å². The summed E-state index contributed by atoms with van der Waals surface area (Å²) in [4.78, 5) is 39.3. The fourth-order valence-electron chi connectivity index (χ4n) is 3.20. The van der Waals surface area contributed by atoms with Crippen LogP contribution in [0.5, 0.6) is 0 Å². The number of rotatable bonds is 7. The first kappa shape index (κ1) is 20.2. The number of piperidine rings is 1. The zero-order valence-corrected chi connectivity index (χ0v) is 15.9. The molecular formula is C19H29N3O4. The predicted molar refractivity (Wildman–Crippen MR) is 99.1 cm³/mol. The summed E-state index contributed by atoms with van der Waals surface area (Å²) in [5, 5.41) is 2.91. The largest absolute Gasteiger partial charge is 0.385 e. The molecule has 1 aromatic rings. The van der Waals surface area contributed by atoms with Crippen molar-refractivity contribution in [3.05, 3.63) is 34.2 Å². The minimum absolute atomic E-state index is 0.0254. The lowest BCUT2D eigenvalue weighted by Gasteiger charge is -2.32. The molecule has 1 aliphatic rings. The second-order valence-corrected chi connectivity index (χ2v) is 7.02. The van der Waals surface area contributed by atoms with Crippen LogP contribution in [0, 0.1) is 5.92 Å². The van der Waals surface area contributed by atoms with Crippen molar-refractivity contribution in [1.82, 2.24) is 14.8 Å². The molecule has 0 spiro atoms. The lowest BCUT2D eigenvalue weighted by Crippen LogP contribution is -2.47. The van der Waals surface area contributed by atoms with Crippen molar-refractivity contribution in [1.29, 1.82) is 0 Å². The summed E-state index contributed by atoms with van der Waals surface area (Å²) < 4.78 is 6.55. The van der Waals surface area contributed by atoms with Gasteiger partial charge in [-0.25, -0.2) is 0 Å². The summed E-state index contributed by atoms with van der Waals surface area (Å²) in [6.45, 7) is 5.83. The Bertz CT molecular complexity index is 684. The number of aryl methyl sites for hydroxylation is 1. The number of aromatic nitrogens is 1. The van der Waals surface area contributed by atoms with Gasteiger partial charge in [0, 0.05) is 45.6 Å². The van der Waals surface area contributed by atoms with Crippen molar-refractivity contribution in [3.63, 3.8) is 0 Å². The standard InChI is InChI=1S/C19H29N3O4/c1-14(2)20-17(23)15-7-4-10-22(13-15)19(25)16-8-5-9-21(18(16)24)11-6-12-26-3/h5,8-9,14-15H,4,6-7,10-13H2,1-3H3,(H,20,23). The van der Waals surface area contributed by atoms with Gasteiger partial charge in [0.15, 0.2) is 0 Å². The number of methoxy groups -OCH3 is 1. The van der Waals surface area contributed by atoms with Gasteiger partial charge in [-0.2, -0.15) is 0 Å². The number of hydrogen-bond acceptors (Lipinski definition) is 4. The highest BCUT2D eigenvalue weighted by atomic mass is 16.5. The molecule has 2 rings (SSSR count). The van der Waals surface area contributed by atoms with Crippen molar-refractivity contribution in [2.45, 2.75) is 45.7 Å². The van der Waals surface area contributed by atoms with Crippen LogP contribution >= 0.6 is 0 Å². The molecule has 1 N–H and O–H groups in total. The number of amides is 2. The fraction of sp³-hybridized carbons (Fsp3) is 0.632. The van der Waals surface area contributed by atoms with Gasteiger partial charge in [-0.15, -0.1) is 0 Å². The van der Waals surface area contributed by atoms with Gasteiger partial charge in [0.05, 0.1) is 5.92 Å². The maximum atomic E-state index is 12.8. The molecular weight excluding hydrogens is 334 g/mol. The minimum atomic E-state index is -0.293. The number of carbonyl (C=O) groups excluding carboxylic acids is 2. The van der Waals surface area contributed by atoms with Gasteiger partial charge < -0.3 is 19.5 Å². The van der Waals surface area contributed by atoms with Gasteiger partial charge >= 0.3 is 0 Å². The quantitative estimate of drug-likeness (QED) is 0.740. The second-order valence-electron chi connectivity index (χ2n) is 7.02. The van der Waals surface area contributed by atoms with Crippen LogP contribution in [0.2, 0.25) is 0 Å². The van der Waals surface area contributed by atoms with Gasteiger partial charge in [0.25, 0.3) is 11.5 Å². The lowest BCUT2D eigenvalue weighted by molar-refractivity contribution is -0.126. The number of nitrogens with zero attached hydrogens (tertiary/aromatic N) is 2. The van der Waals surface area contributed by atoms with E-state index in [4.69, 9.17) is 4.74 Å². The van der Waals surface area contributed by atoms with Crippen molar-refractivity contribution >= 4 is 11.8 Å².